The van der Waals surface area contributed by atoms with Gasteiger partial charge in [0.25, 0.3) is 0 Å². The molecule has 0 bridgehead atoms. The number of aryl methyl sites for hydroxylation is 3. The largest absolute Gasteiger partial charge is 0.362 e. The molecule has 2 N–H and O–H groups in total. The molecule has 0 fully saturated rings. The number of benzene rings is 1. The molecule has 17 heavy (non-hydrogen) atoms. The van der Waals surface area contributed by atoms with Gasteiger partial charge in [0.1, 0.15) is 0 Å². The minimum Gasteiger partial charge on any atom is -0.362 e. The second-order valence-electron chi connectivity index (χ2n) is 4.27. The molecule has 2 aromatic rings. The summed E-state index contributed by atoms with van der Waals surface area (Å²) in [7, 11) is 0. The number of hydrogen-bond acceptors (Lipinski definition) is 2. The summed E-state index contributed by atoms with van der Waals surface area (Å²) in [5.41, 5.74) is 8.66. The topological polar surface area (TPSA) is 40.2 Å². The number of hydrazone groups is 1. The van der Waals surface area contributed by atoms with Crippen LogP contribution in [-0.2, 0) is 0 Å². The Labute approximate surface area is 102 Å². The summed E-state index contributed by atoms with van der Waals surface area (Å²) in [5, 5.41) is 4.22. The fraction of sp³-hybridized carbons (Fsp3) is 0.214. The SMILES string of the molecule is Cc1ccc(N/N=C/c2cc(C)[nH]c2C)cc1. The second kappa shape index (κ2) is 4.87. The van der Waals surface area contributed by atoms with Crippen LogP contribution < -0.4 is 5.43 Å². The highest BCUT2D eigenvalue weighted by atomic mass is 15.3. The predicted molar refractivity (Wildman–Crippen MR) is 72.7 cm³/mol. The number of aromatic nitrogens is 1. The Hall–Kier alpha value is -2.03. The average Bonchev–Trinajstić information content (AvgIpc) is 2.60. The lowest BCUT2D eigenvalue weighted by atomic mass is 10.2. The van der Waals surface area contributed by atoms with Crippen LogP contribution in [0, 0.1) is 20.8 Å². The van der Waals surface area contributed by atoms with E-state index in [1.165, 1.54) is 5.56 Å². The Kier molecular flexibility index (Phi) is 3.28. The van der Waals surface area contributed by atoms with Crippen molar-refractivity contribution in [1.82, 2.24) is 4.98 Å². The van der Waals surface area contributed by atoms with Gasteiger partial charge in [0, 0.05) is 17.0 Å². The normalized spacial score (nSPS) is 11.0. The van der Waals surface area contributed by atoms with E-state index in [-0.39, 0.29) is 0 Å². The number of nitrogens with one attached hydrogen (secondary N) is 2. The first kappa shape index (κ1) is 11.5. The van der Waals surface area contributed by atoms with Crippen molar-refractivity contribution in [3.8, 4) is 0 Å². The Morgan fingerprint density at radius 3 is 2.41 bits per heavy atom. The van der Waals surface area contributed by atoms with E-state index < -0.39 is 0 Å². The van der Waals surface area contributed by atoms with Crippen molar-refractivity contribution in [3.63, 3.8) is 0 Å². The fourth-order valence-electron chi connectivity index (χ4n) is 1.68. The van der Waals surface area contributed by atoms with Crippen LogP contribution >= 0.6 is 0 Å². The third kappa shape index (κ3) is 2.97. The molecule has 1 heterocycles. The highest BCUT2D eigenvalue weighted by Crippen LogP contribution is 2.09. The first-order chi connectivity index (χ1) is 8.15. The van der Waals surface area contributed by atoms with Crippen LogP contribution in [0.4, 0.5) is 5.69 Å². The summed E-state index contributed by atoms with van der Waals surface area (Å²) in [4.78, 5) is 3.24. The van der Waals surface area contributed by atoms with Gasteiger partial charge in [-0.2, -0.15) is 5.10 Å². The van der Waals surface area contributed by atoms with Gasteiger partial charge in [-0.1, -0.05) is 17.7 Å². The van der Waals surface area contributed by atoms with Crippen molar-refractivity contribution in [2.75, 3.05) is 5.43 Å². The molecular formula is C14H17N3. The standard InChI is InChI=1S/C14H17N3/c1-10-4-6-14(7-5-10)17-15-9-13-8-11(2)16-12(13)3/h4-9,16-17H,1-3H3/b15-9+. The van der Waals surface area contributed by atoms with E-state index in [2.05, 4.69) is 40.6 Å². The van der Waals surface area contributed by atoms with Gasteiger partial charge in [-0.3, -0.25) is 5.43 Å². The molecule has 0 unspecified atom stereocenters. The molecule has 0 saturated carbocycles. The van der Waals surface area contributed by atoms with Crippen molar-refractivity contribution in [1.29, 1.82) is 0 Å². The molecule has 0 amide bonds. The predicted octanol–water partition coefficient (Wildman–Crippen LogP) is 3.39. The molecular weight excluding hydrogens is 210 g/mol. The molecule has 0 aliphatic carbocycles. The van der Waals surface area contributed by atoms with Crippen LogP contribution in [0.2, 0.25) is 0 Å². The lowest BCUT2D eigenvalue weighted by molar-refractivity contribution is 1.19. The van der Waals surface area contributed by atoms with Crippen molar-refractivity contribution in [2.24, 2.45) is 5.10 Å². The zero-order chi connectivity index (χ0) is 12.3. The summed E-state index contributed by atoms with van der Waals surface area (Å²) in [6, 6.07) is 10.2. The number of H-pyrrole nitrogens is 1. The molecule has 0 aliphatic rings. The first-order valence-corrected chi connectivity index (χ1v) is 5.67. The van der Waals surface area contributed by atoms with Gasteiger partial charge in [0.05, 0.1) is 11.9 Å². The summed E-state index contributed by atoms with van der Waals surface area (Å²) in [5.74, 6) is 0. The first-order valence-electron chi connectivity index (χ1n) is 5.67. The second-order valence-corrected chi connectivity index (χ2v) is 4.27. The quantitative estimate of drug-likeness (QED) is 0.612. The van der Waals surface area contributed by atoms with Gasteiger partial charge in [-0.05, 0) is 39.0 Å². The molecule has 1 aromatic heterocycles. The maximum Gasteiger partial charge on any atom is 0.0562 e. The van der Waals surface area contributed by atoms with Gasteiger partial charge in [0.15, 0.2) is 0 Å². The number of aromatic amines is 1. The van der Waals surface area contributed by atoms with E-state index in [9.17, 15) is 0 Å². The third-order valence-electron chi connectivity index (χ3n) is 2.64. The highest BCUT2D eigenvalue weighted by Gasteiger charge is 1.97. The lowest BCUT2D eigenvalue weighted by Gasteiger charge is -1.99. The summed E-state index contributed by atoms with van der Waals surface area (Å²) in [6.07, 6.45) is 1.83. The molecule has 2 rings (SSSR count). The van der Waals surface area contributed by atoms with Crippen LogP contribution in [0.1, 0.15) is 22.5 Å². The van der Waals surface area contributed by atoms with Crippen LogP contribution in [0.5, 0.6) is 0 Å². The Bertz CT molecular complexity index is 521. The van der Waals surface area contributed by atoms with E-state index in [1.54, 1.807) is 0 Å². The monoisotopic (exact) mass is 227 g/mol. The number of rotatable bonds is 3. The van der Waals surface area contributed by atoms with E-state index >= 15 is 0 Å². The van der Waals surface area contributed by atoms with Crippen molar-refractivity contribution >= 4 is 11.9 Å². The Balaban J connectivity index is 2.02. The summed E-state index contributed by atoms with van der Waals surface area (Å²) < 4.78 is 0. The summed E-state index contributed by atoms with van der Waals surface area (Å²) >= 11 is 0. The number of hydrogen-bond donors (Lipinski definition) is 2. The smallest absolute Gasteiger partial charge is 0.0562 e. The fourth-order valence-corrected chi connectivity index (χ4v) is 1.68. The van der Waals surface area contributed by atoms with Crippen LogP contribution in [-0.4, -0.2) is 11.2 Å². The van der Waals surface area contributed by atoms with E-state index in [1.807, 2.05) is 32.2 Å². The van der Waals surface area contributed by atoms with Crippen LogP contribution in [0.25, 0.3) is 0 Å². The van der Waals surface area contributed by atoms with Gasteiger partial charge in [-0.25, -0.2) is 0 Å². The van der Waals surface area contributed by atoms with Crippen molar-refractivity contribution in [2.45, 2.75) is 20.8 Å². The Morgan fingerprint density at radius 1 is 1.12 bits per heavy atom. The van der Waals surface area contributed by atoms with Crippen molar-refractivity contribution in [3.05, 3.63) is 52.8 Å². The maximum atomic E-state index is 4.22. The maximum absolute atomic E-state index is 4.22. The van der Waals surface area contributed by atoms with Gasteiger partial charge in [-0.15, -0.1) is 0 Å². The minimum absolute atomic E-state index is 0.997. The highest BCUT2D eigenvalue weighted by molar-refractivity contribution is 5.82. The number of nitrogens with zero attached hydrogens (tertiary/aromatic N) is 1. The van der Waals surface area contributed by atoms with Gasteiger partial charge < -0.3 is 4.98 Å². The minimum atomic E-state index is 0.997. The summed E-state index contributed by atoms with van der Waals surface area (Å²) in [6.45, 7) is 6.15. The average molecular weight is 227 g/mol. The molecule has 0 spiro atoms. The zero-order valence-electron chi connectivity index (χ0n) is 10.4. The lowest BCUT2D eigenvalue weighted by Crippen LogP contribution is -1.90. The third-order valence-corrected chi connectivity index (χ3v) is 2.64. The van der Waals surface area contributed by atoms with E-state index in [0.29, 0.717) is 0 Å². The zero-order valence-corrected chi connectivity index (χ0v) is 10.4. The Morgan fingerprint density at radius 2 is 1.82 bits per heavy atom. The molecule has 0 saturated heterocycles. The van der Waals surface area contributed by atoms with Crippen LogP contribution in [0.15, 0.2) is 35.4 Å². The molecule has 0 aliphatic heterocycles. The molecule has 1 aromatic carbocycles. The van der Waals surface area contributed by atoms with E-state index in [4.69, 9.17) is 0 Å². The van der Waals surface area contributed by atoms with Crippen LogP contribution in [0.3, 0.4) is 0 Å². The molecule has 88 valence electrons. The van der Waals surface area contributed by atoms with E-state index in [0.717, 1.165) is 22.6 Å². The molecule has 0 atom stereocenters. The molecule has 3 nitrogen and oxygen atoms in total. The van der Waals surface area contributed by atoms with Gasteiger partial charge >= 0.3 is 0 Å². The van der Waals surface area contributed by atoms with Gasteiger partial charge in [0.2, 0.25) is 0 Å². The molecule has 0 radical (unpaired) electrons. The van der Waals surface area contributed by atoms with Crippen molar-refractivity contribution < 1.29 is 0 Å². The molecule has 3 heteroatoms. The number of anilines is 1.